The highest BCUT2D eigenvalue weighted by molar-refractivity contribution is 6.32. The zero-order chi connectivity index (χ0) is 19.0. The van der Waals surface area contributed by atoms with Crippen molar-refractivity contribution >= 4 is 40.1 Å². The second-order valence-electron chi connectivity index (χ2n) is 6.18. The van der Waals surface area contributed by atoms with E-state index < -0.39 is 11.8 Å². The van der Waals surface area contributed by atoms with Gasteiger partial charge in [-0.15, -0.1) is 0 Å². The van der Waals surface area contributed by atoms with Gasteiger partial charge in [-0.3, -0.25) is 4.98 Å². The number of benzene rings is 2. The van der Waals surface area contributed by atoms with E-state index in [-0.39, 0.29) is 10.9 Å². The molecule has 3 nitrogen and oxygen atoms in total. The maximum atomic E-state index is 13.7. The minimum Gasteiger partial charge on any atom is -0.465 e. The van der Waals surface area contributed by atoms with Crippen LogP contribution < -0.4 is 0 Å². The number of aromatic nitrogens is 1. The summed E-state index contributed by atoms with van der Waals surface area (Å²) in [5.41, 5.74) is 2.78. The van der Waals surface area contributed by atoms with Gasteiger partial charge in [-0.05, 0) is 41.8 Å². The second kappa shape index (κ2) is 7.22. The Balaban J connectivity index is 2.51. The molecule has 0 N–H and O–H groups in total. The Morgan fingerprint density at radius 3 is 2.50 bits per heavy atom. The van der Waals surface area contributed by atoms with Crippen LogP contribution in [0.1, 0.15) is 35.8 Å². The number of nitrogens with zero attached hydrogens (tertiary/aromatic N) is 1. The minimum absolute atomic E-state index is 0.0288. The molecule has 0 fully saturated rings. The highest BCUT2D eigenvalue weighted by Crippen LogP contribution is 2.38. The predicted octanol–water partition coefficient (Wildman–Crippen LogP) is 6.26. The molecule has 0 bridgehead atoms. The van der Waals surface area contributed by atoms with Crippen LogP contribution in [0.25, 0.3) is 22.0 Å². The predicted molar refractivity (Wildman–Crippen MR) is 103 cm³/mol. The molecule has 0 amide bonds. The molecule has 0 aliphatic rings. The molecule has 26 heavy (non-hydrogen) atoms. The van der Waals surface area contributed by atoms with Crippen molar-refractivity contribution in [2.75, 3.05) is 7.11 Å². The average molecular weight is 392 g/mol. The molecule has 0 aliphatic heterocycles. The number of rotatable bonds is 3. The van der Waals surface area contributed by atoms with Crippen LogP contribution in [0.5, 0.6) is 0 Å². The number of ether oxygens (including phenoxy) is 1. The normalized spacial score (nSPS) is 11.2. The molecule has 6 heteroatoms. The fourth-order valence-corrected chi connectivity index (χ4v) is 3.28. The summed E-state index contributed by atoms with van der Waals surface area (Å²) in [4.78, 5) is 17.3. The van der Waals surface area contributed by atoms with Gasteiger partial charge < -0.3 is 4.74 Å². The first kappa shape index (κ1) is 18.6. The minimum atomic E-state index is -0.532. The fourth-order valence-electron chi connectivity index (χ4n) is 2.93. The van der Waals surface area contributed by atoms with E-state index in [2.05, 4.69) is 4.98 Å². The Morgan fingerprint density at radius 2 is 1.88 bits per heavy atom. The smallest absolute Gasteiger partial charge is 0.340 e. The number of fused-ring (bicyclic) bond motifs is 1. The van der Waals surface area contributed by atoms with Gasteiger partial charge in [0.05, 0.1) is 28.9 Å². The van der Waals surface area contributed by atoms with E-state index in [1.54, 1.807) is 24.3 Å². The van der Waals surface area contributed by atoms with Gasteiger partial charge in [0.1, 0.15) is 5.82 Å². The van der Waals surface area contributed by atoms with E-state index in [4.69, 9.17) is 27.9 Å². The first-order chi connectivity index (χ1) is 12.3. The number of carbonyl (C=O) groups is 1. The molecule has 1 heterocycles. The van der Waals surface area contributed by atoms with Crippen molar-refractivity contribution in [3.63, 3.8) is 0 Å². The Bertz CT molecular complexity index is 1020. The summed E-state index contributed by atoms with van der Waals surface area (Å²) in [7, 11) is 1.32. The van der Waals surface area contributed by atoms with E-state index in [1.165, 1.54) is 19.2 Å². The summed E-state index contributed by atoms with van der Waals surface area (Å²) in [6.45, 7) is 3.88. The number of methoxy groups -OCH3 is 1. The molecule has 0 aliphatic carbocycles. The Labute approximate surface area is 160 Å². The van der Waals surface area contributed by atoms with Crippen LogP contribution in [0.4, 0.5) is 4.39 Å². The number of hydrogen-bond donors (Lipinski definition) is 0. The fraction of sp³-hybridized carbons (Fsp3) is 0.200. The third-order valence-corrected chi connectivity index (χ3v) is 4.64. The van der Waals surface area contributed by atoms with Crippen molar-refractivity contribution in [3.05, 3.63) is 63.5 Å². The van der Waals surface area contributed by atoms with Crippen molar-refractivity contribution in [3.8, 4) is 11.1 Å². The SMILES string of the molecule is COC(=O)c1c(C(C)C)nc2ccc(Cl)cc2c1-c1ccc(F)c(Cl)c1. The van der Waals surface area contributed by atoms with Crippen LogP contribution in [0.2, 0.25) is 10.0 Å². The highest BCUT2D eigenvalue weighted by Gasteiger charge is 2.25. The van der Waals surface area contributed by atoms with Gasteiger partial charge in [0, 0.05) is 16.0 Å². The van der Waals surface area contributed by atoms with Gasteiger partial charge in [-0.1, -0.05) is 43.1 Å². The molecule has 0 saturated carbocycles. The standard InChI is InChI=1S/C20H16Cl2FNO2/c1-10(2)19-18(20(25)26-3)17(11-4-6-15(23)14(22)8-11)13-9-12(21)5-7-16(13)24-19/h4-10H,1-3H3. The van der Waals surface area contributed by atoms with E-state index in [9.17, 15) is 9.18 Å². The highest BCUT2D eigenvalue weighted by atomic mass is 35.5. The van der Waals surface area contributed by atoms with Crippen LogP contribution >= 0.6 is 23.2 Å². The zero-order valence-electron chi connectivity index (χ0n) is 14.4. The average Bonchev–Trinajstić information content (AvgIpc) is 2.61. The lowest BCUT2D eigenvalue weighted by Gasteiger charge is -2.18. The van der Waals surface area contributed by atoms with Gasteiger partial charge in [0.2, 0.25) is 0 Å². The number of esters is 1. The summed E-state index contributed by atoms with van der Waals surface area (Å²) in [6.07, 6.45) is 0. The van der Waals surface area contributed by atoms with Gasteiger partial charge in [-0.2, -0.15) is 0 Å². The lowest BCUT2D eigenvalue weighted by atomic mass is 9.91. The monoisotopic (exact) mass is 391 g/mol. The summed E-state index contributed by atoms with van der Waals surface area (Å²) in [5.74, 6) is -1.08. The maximum absolute atomic E-state index is 13.7. The lowest BCUT2D eigenvalue weighted by molar-refractivity contribution is 0.0599. The van der Waals surface area contributed by atoms with Crippen molar-refractivity contribution in [1.29, 1.82) is 0 Å². The van der Waals surface area contributed by atoms with Gasteiger partial charge in [-0.25, -0.2) is 9.18 Å². The summed E-state index contributed by atoms with van der Waals surface area (Å²) < 4.78 is 18.7. The topological polar surface area (TPSA) is 39.2 Å². The van der Waals surface area contributed by atoms with Gasteiger partial charge >= 0.3 is 5.97 Å². The van der Waals surface area contributed by atoms with Crippen LogP contribution in [0.3, 0.4) is 0 Å². The van der Waals surface area contributed by atoms with Crippen molar-refractivity contribution < 1.29 is 13.9 Å². The molecule has 2 aromatic carbocycles. The Hall–Kier alpha value is -2.17. The molecular weight excluding hydrogens is 376 g/mol. The quantitative estimate of drug-likeness (QED) is 0.494. The number of carbonyl (C=O) groups excluding carboxylic acids is 1. The van der Waals surface area contributed by atoms with Crippen LogP contribution in [0, 0.1) is 5.82 Å². The molecule has 0 atom stereocenters. The van der Waals surface area contributed by atoms with Crippen LogP contribution in [0.15, 0.2) is 36.4 Å². The molecule has 0 unspecified atom stereocenters. The van der Waals surface area contributed by atoms with Gasteiger partial charge in [0.15, 0.2) is 0 Å². The largest absolute Gasteiger partial charge is 0.465 e. The summed E-state index contributed by atoms with van der Waals surface area (Å²) >= 11 is 12.2. The lowest BCUT2D eigenvalue weighted by Crippen LogP contribution is -2.12. The molecular formula is C20H16Cl2FNO2. The molecule has 0 saturated heterocycles. The van der Waals surface area contributed by atoms with Crippen molar-refractivity contribution in [1.82, 2.24) is 4.98 Å². The van der Waals surface area contributed by atoms with E-state index >= 15 is 0 Å². The third-order valence-electron chi connectivity index (χ3n) is 4.12. The van der Waals surface area contributed by atoms with Crippen molar-refractivity contribution in [2.45, 2.75) is 19.8 Å². The molecule has 1 aromatic heterocycles. The molecule has 3 rings (SSSR count). The number of halogens is 3. The third kappa shape index (κ3) is 3.27. The molecule has 3 aromatic rings. The zero-order valence-corrected chi connectivity index (χ0v) is 16.0. The molecule has 0 radical (unpaired) electrons. The summed E-state index contributed by atoms with van der Waals surface area (Å²) in [6, 6.07) is 9.59. The van der Waals surface area contributed by atoms with Gasteiger partial charge in [0.25, 0.3) is 0 Å². The van der Waals surface area contributed by atoms with Crippen molar-refractivity contribution in [2.24, 2.45) is 0 Å². The van der Waals surface area contributed by atoms with Crippen LogP contribution in [-0.4, -0.2) is 18.1 Å². The Morgan fingerprint density at radius 1 is 1.15 bits per heavy atom. The summed E-state index contributed by atoms with van der Waals surface area (Å²) in [5, 5.41) is 1.14. The van der Waals surface area contributed by atoms with E-state index in [1.807, 2.05) is 13.8 Å². The second-order valence-corrected chi connectivity index (χ2v) is 7.03. The molecule has 134 valence electrons. The number of hydrogen-bond acceptors (Lipinski definition) is 3. The van der Waals surface area contributed by atoms with E-state index in [0.717, 1.165) is 0 Å². The van der Waals surface area contributed by atoms with Crippen LogP contribution in [-0.2, 0) is 4.74 Å². The first-order valence-electron chi connectivity index (χ1n) is 8.00. The molecule has 0 spiro atoms. The maximum Gasteiger partial charge on any atom is 0.340 e. The van der Waals surface area contributed by atoms with E-state index in [0.29, 0.717) is 38.3 Å². The Kier molecular flexibility index (Phi) is 5.17. The first-order valence-corrected chi connectivity index (χ1v) is 8.76. The number of pyridine rings is 1.